The Balaban J connectivity index is 1.08. The van der Waals surface area contributed by atoms with Gasteiger partial charge in [-0.25, -0.2) is 15.0 Å². The van der Waals surface area contributed by atoms with Gasteiger partial charge in [0.1, 0.15) is 0 Å². The Bertz CT molecular complexity index is 4430. The smallest absolute Gasteiger partial charge is 0.166 e. The molecule has 0 aliphatic rings. The van der Waals surface area contributed by atoms with Crippen LogP contribution in [0.3, 0.4) is 0 Å². The van der Waals surface area contributed by atoms with Crippen LogP contribution >= 0.6 is 0 Å². The standard InChI is InChI=1S/C75H48N6/c1-4-25-49(26-5-1)52-37-22-40-61(70(52)79-64-43-16-10-31-55(64)56-32-11-17-44-65(56)79)73-76-74(62-41-23-38-53(50-27-6-2-7-28-50)71(62)80-66-45-18-12-33-57(66)58-34-13-19-46-67(58)80)78-75(77-73)63-42-24-39-54(51-29-8-3-9-30-51)72(63)81-68-47-20-14-35-59(68)60-36-15-21-48-69(60)81/h1-48H. The molecule has 0 fully saturated rings. The highest BCUT2D eigenvalue weighted by molar-refractivity contribution is 6.13. The Labute approximate surface area is 467 Å². The van der Waals surface area contributed by atoms with Gasteiger partial charge in [-0.1, -0.05) is 237 Å². The van der Waals surface area contributed by atoms with Gasteiger partial charge >= 0.3 is 0 Å². The number of nitrogens with zero attached hydrogens (tertiary/aromatic N) is 6. The van der Waals surface area contributed by atoms with Crippen molar-refractivity contribution in [3.63, 3.8) is 0 Å². The number of benzene rings is 12. The normalized spacial score (nSPS) is 11.7. The topological polar surface area (TPSA) is 53.5 Å². The number of aromatic nitrogens is 6. The van der Waals surface area contributed by atoms with Crippen molar-refractivity contribution < 1.29 is 0 Å². The first kappa shape index (κ1) is 46.2. The highest BCUT2D eigenvalue weighted by atomic mass is 15.1. The van der Waals surface area contributed by atoms with Gasteiger partial charge in [0.15, 0.2) is 17.5 Å². The van der Waals surface area contributed by atoms with Gasteiger partial charge in [-0.05, 0) is 71.3 Å². The average molecular weight is 1030 g/mol. The Morgan fingerprint density at radius 2 is 0.370 bits per heavy atom. The summed E-state index contributed by atoms with van der Waals surface area (Å²) in [7, 11) is 0. The van der Waals surface area contributed by atoms with Crippen LogP contribution in [0.4, 0.5) is 0 Å². The van der Waals surface area contributed by atoms with E-state index < -0.39 is 0 Å². The van der Waals surface area contributed by atoms with E-state index in [9.17, 15) is 0 Å². The van der Waals surface area contributed by atoms with E-state index in [0.29, 0.717) is 17.5 Å². The third-order valence-electron chi connectivity index (χ3n) is 16.1. The van der Waals surface area contributed by atoms with E-state index in [-0.39, 0.29) is 0 Å². The van der Waals surface area contributed by atoms with Crippen molar-refractivity contribution in [2.75, 3.05) is 0 Å². The fraction of sp³-hybridized carbons (Fsp3) is 0. The van der Waals surface area contributed by atoms with E-state index in [4.69, 9.17) is 15.0 Å². The molecule has 16 rings (SSSR count). The Hall–Kier alpha value is -11.0. The summed E-state index contributed by atoms with van der Waals surface area (Å²) in [6.07, 6.45) is 0. The molecule has 81 heavy (non-hydrogen) atoms. The van der Waals surface area contributed by atoms with E-state index in [1.165, 1.54) is 32.3 Å². The SMILES string of the molecule is c1ccc(-c2cccc(-c3nc(-c4cccc(-c5ccccc5)c4-n4c5ccccc5c5ccccc54)nc(-c4cccc(-c5ccccc5)c4-n4c5ccccc5c5ccccc54)n3)c2-n2c3ccccc3c3ccccc32)cc1. The fourth-order valence-corrected chi connectivity index (χ4v) is 12.7. The van der Waals surface area contributed by atoms with Gasteiger partial charge in [0, 0.05) is 65.7 Å². The molecule has 0 amide bonds. The van der Waals surface area contributed by atoms with Crippen molar-refractivity contribution in [1.29, 1.82) is 0 Å². The molecule has 378 valence electrons. The van der Waals surface area contributed by atoms with Gasteiger partial charge in [0.05, 0.1) is 50.2 Å². The molecule has 4 heterocycles. The van der Waals surface area contributed by atoms with Gasteiger partial charge < -0.3 is 13.7 Å². The summed E-state index contributed by atoms with van der Waals surface area (Å²) in [5.41, 5.74) is 18.5. The second kappa shape index (κ2) is 18.9. The van der Waals surface area contributed by atoms with E-state index >= 15 is 0 Å². The zero-order valence-corrected chi connectivity index (χ0v) is 43.9. The first-order chi connectivity index (χ1) is 40.2. The maximum atomic E-state index is 5.85. The lowest BCUT2D eigenvalue weighted by molar-refractivity contribution is 1.05. The van der Waals surface area contributed by atoms with Crippen molar-refractivity contribution in [1.82, 2.24) is 28.7 Å². The number of rotatable bonds is 9. The minimum Gasteiger partial charge on any atom is -0.308 e. The van der Waals surface area contributed by atoms with Gasteiger partial charge in [0.25, 0.3) is 0 Å². The molecule has 0 unspecified atom stereocenters. The highest BCUT2D eigenvalue weighted by Crippen LogP contribution is 2.46. The maximum Gasteiger partial charge on any atom is 0.166 e. The summed E-state index contributed by atoms with van der Waals surface area (Å²) in [6, 6.07) is 104. The first-order valence-electron chi connectivity index (χ1n) is 27.5. The molecule has 0 aliphatic heterocycles. The quantitative estimate of drug-likeness (QED) is 0.145. The Morgan fingerprint density at radius 3 is 0.605 bits per heavy atom. The van der Waals surface area contributed by atoms with Crippen LogP contribution in [0.1, 0.15) is 0 Å². The Kier molecular flexibility index (Phi) is 10.8. The molecule has 0 N–H and O–H groups in total. The molecule has 0 bridgehead atoms. The third-order valence-corrected chi connectivity index (χ3v) is 16.1. The number of hydrogen-bond acceptors (Lipinski definition) is 3. The molecule has 12 aromatic carbocycles. The fourth-order valence-electron chi connectivity index (χ4n) is 12.7. The third kappa shape index (κ3) is 7.38. The van der Waals surface area contributed by atoms with Crippen LogP contribution in [0, 0.1) is 0 Å². The van der Waals surface area contributed by atoms with Gasteiger partial charge in [-0.15, -0.1) is 0 Å². The second-order valence-corrected chi connectivity index (χ2v) is 20.6. The Morgan fingerprint density at radius 1 is 0.173 bits per heavy atom. The lowest BCUT2D eigenvalue weighted by atomic mass is 9.97. The molecule has 6 nitrogen and oxygen atoms in total. The van der Waals surface area contributed by atoms with Crippen LogP contribution in [0.25, 0.3) is 150 Å². The largest absolute Gasteiger partial charge is 0.308 e. The predicted octanol–water partition coefficient (Wildman–Crippen LogP) is 19.2. The van der Waals surface area contributed by atoms with Crippen LogP contribution in [-0.2, 0) is 0 Å². The first-order valence-corrected chi connectivity index (χ1v) is 27.5. The summed E-state index contributed by atoms with van der Waals surface area (Å²) in [4.78, 5) is 17.5. The van der Waals surface area contributed by atoms with Gasteiger partial charge in [0.2, 0.25) is 0 Å². The lowest BCUT2D eigenvalue weighted by Crippen LogP contribution is -2.08. The van der Waals surface area contributed by atoms with Gasteiger partial charge in [-0.3, -0.25) is 0 Å². The van der Waals surface area contributed by atoms with Crippen LogP contribution in [0.15, 0.2) is 291 Å². The van der Waals surface area contributed by atoms with E-state index in [2.05, 4.69) is 305 Å². The molecule has 6 heteroatoms. The minimum atomic E-state index is 0.543. The van der Waals surface area contributed by atoms with E-state index in [1.54, 1.807) is 0 Å². The summed E-state index contributed by atoms with van der Waals surface area (Å²) < 4.78 is 7.26. The minimum absolute atomic E-state index is 0.543. The molecule has 16 aromatic rings. The van der Waals surface area contributed by atoms with Crippen molar-refractivity contribution >= 4 is 65.4 Å². The number of fused-ring (bicyclic) bond motifs is 9. The summed E-state index contributed by atoms with van der Waals surface area (Å²) in [5, 5.41) is 7.01. The molecule has 0 saturated carbocycles. The van der Waals surface area contributed by atoms with Crippen molar-refractivity contribution in [3.8, 4) is 84.6 Å². The summed E-state index contributed by atoms with van der Waals surface area (Å²) in [5.74, 6) is 1.63. The molecular formula is C75H48N6. The molecule has 0 atom stereocenters. The molecule has 0 radical (unpaired) electrons. The van der Waals surface area contributed by atoms with Crippen LogP contribution in [0.5, 0.6) is 0 Å². The molecule has 0 spiro atoms. The van der Waals surface area contributed by atoms with E-state index in [0.717, 1.165) is 100 Å². The molecule has 0 aliphatic carbocycles. The monoisotopic (exact) mass is 1030 g/mol. The summed E-state index contributed by atoms with van der Waals surface area (Å²) in [6.45, 7) is 0. The molecular weight excluding hydrogens is 985 g/mol. The van der Waals surface area contributed by atoms with Crippen molar-refractivity contribution in [2.45, 2.75) is 0 Å². The van der Waals surface area contributed by atoms with E-state index in [1.807, 2.05) is 0 Å². The highest BCUT2D eigenvalue weighted by Gasteiger charge is 2.28. The molecule has 0 saturated heterocycles. The number of hydrogen-bond donors (Lipinski definition) is 0. The maximum absolute atomic E-state index is 5.85. The van der Waals surface area contributed by atoms with Crippen LogP contribution in [-0.4, -0.2) is 28.7 Å². The number of para-hydroxylation sites is 9. The van der Waals surface area contributed by atoms with Gasteiger partial charge in [-0.2, -0.15) is 0 Å². The van der Waals surface area contributed by atoms with Crippen LogP contribution < -0.4 is 0 Å². The lowest BCUT2D eigenvalue weighted by Gasteiger charge is -2.21. The van der Waals surface area contributed by atoms with Crippen LogP contribution in [0.2, 0.25) is 0 Å². The zero-order chi connectivity index (χ0) is 53.4. The summed E-state index contributed by atoms with van der Waals surface area (Å²) >= 11 is 0. The molecule has 4 aromatic heterocycles. The predicted molar refractivity (Wildman–Crippen MR) is 335 cm³/mol. The average Bonchev–Trinajstić information content (AvgIpc) is 4.24. The second-order valence-electron chi connectivity index (χ2n) is 20.6. The zero-order valence-electron chi connectivity index (χ0n) is 43.9. The van der Waals surface area contributed by atoms with Crippen molar-refractivity contribution in [3.05, 3.63) is 291 Å². The van der Waals surface area contributed by atoms with Crippen molar-refractivity contribution in [2.24, 2.45) is 0 Å².